The topological polar surface area (TPSA) is 29.5 Å². The lowest BCUT2D eigenvalue weighted by Crippen LogP contribution is -2.38. The molecule has 1 fully saturated rings. The molecule has 1 aromatic carbocycles. The lowest BCUT2D eigenvalue weighted by Gasteiger charge is -2.39. The molecule has 3 rings (SSSR count). The third-order valence-electron chi connectivity index (χ3n) is 6.03. The molecule has 1 N–H and O–H groups in total. The summed E-state index contributed by atoms with van der Waals surface area (Å²) in [7, 11) is 0. The molecule has 2 unspecified atom stereocenters. The van der Waals surface area contributed by atoms with Crippen molar-refractivity contribution in [2.45, 2.75) is 78.2 Å². The van der Waals surface area contributed by atoms with Crippen molar-refractivity contribution in [3.63, 3.8) is 0 Å². The van der Waals surface area contributed by atoms with Crippen LogP contribution in [0.4, 0.5) is 0 Å². The molecule has 2 aliphatic rings. The molecule has 1 heterocycles. The van der Waals surface area contributed by atoms with E-state index in [-0.39, 0.29) is 6.10 Å². The second-order valence-electron chi connectivity index (χ2n) is 8.05. The molecule has 2 heteroatoms. The quantitative estimate of drug-likeness (QED) is 0.709. The molecule has 0 bridgehead atoms. The maximum Gasteiger partial charge on any atom is 0.127 e. The molecule has 23 heavy (non-hydrogen) atoms. The zero-order valence-corrected chi connectivity index (χ0v) is 15.1. The zero-order valence-electron chi connectivity index (χ0n) is 15.1. The van der Waals surface area contributed by atoms with E-state index >= 15 is 0 Å². The van der Waals surface area contributed by atoms with E-state index in [1.165, 1.54) is 37.7 Å². The van der Waals surface area contributed by atoms with Crippen LogP contribution in [0.15, 0.2) is 12.1 Å². The number of hydrogen-bond acceptors (Lipinski definition) is 2. The molecule has 0 saturated heterocycles. The van der Waals surface area contributed by atoms with Crippen molar-refractivity contribution in [1.82, 2.24) is 0 Å². The second-order valence-corrected chi connectivity index (χ2v) is 8.05. The Bertz CT molecular complexity index is 549. The van der Waals surface area contributed by atoms with Crippen molar-refractivity contribution in [2.24, 2.45) is 17.8 Å². The Kier molecular flexibility index (Phi) is 4.89. The number of phenolic OH excluding ortho intramolecular Hbond substituents is 1. The van der Waals surface area contributed by atoms with Gasteiger partial charge in [0.1, 0.15) is 17.6 Å². The summed E-state index contributed by atoms with van der Waals surface area (Å²) in [6.45, 7) is 9.15. The molecule has 0 spiro atoms. The van der Waals surface area contributed by atoms with E-state index in [0.29, 0.717) is 29.4 Å². The first-order valence-electron chi connectivity index (χ1n) is 9.55. The van der Waals surface area contributed by atoms with Crippen LogP contribution in [0.2, 0.25) is 0 Å². The van der Waals surface area contributed by atoms with E-state index in [0.717, 1.165) is 17.7 Å². The van der Waals surface area contributed by atoms with Crippen molar-refractivity contribution in [3.8, 4) is 11.5 Å². The maximum absolute atomic E-state index is 10.7. The predicted octanol–water partition coefficient (Wildman–Crippen LogP) is 5.67. The van der Waals surface area contributed by atoms with Gasteiger partial charge in [-0.15, -0.1) is 0 Å². The van der Waals surface area contributed by atoms with Crippen LogP contribution in [-0.2, 0) is 6.42 Å². The highest BCUT2D eigenvalue weighted by Crippen LogP contribution is 2.55. The fourth-order valence-electron chi connectivity index (χ4n) is 4.68. The number of hydrogen-bond donors (Lipinski definition) is 1. The number of benzene rings is 1. The predicted molar refractivity (Wildman–Crippen MR) is 95.2 cm³/mol. The number of aromatic hydroxyl groups is 1. The summed E-state index contributed by atoms with van der Waals surface area (Å²) in [5.41, 5.74) is 2.32. The molecule has 2 nitrogen and oxygen atoms in total. The maximum atomic E-state index is 10.7. The summed E-state index contributed by atoms with van der Waals surface area (Å²) in [6, 6.07) is 4.20. The minimum absolute atomic E-state index is 0.253. The van der Waals surface area contributed by atoms with Crippen molar-refractivity contribution < 1.29 is 9.84 Å². The van der Waals surface area contributed by atoms with Crippen molar-refractivity contribution in [2.75, 3.05) is 0 Å². The number of aryl methyl sites for hydroxylation is 1. The Morgan fingerprint density at radius 1 is 1.22 bits per heavy atom. The van der Waals surface area contributed by atoms with Crippen LogP contribution in [-0.4, -0.2) is 11.2 Å². The van der Waals surface area contributed by atoms with E-state index in [9.17, 15) is 5.11 Å². The molecular weight excluding hydrogens is 284 g/mol. The standard InChI is InChI=1S/C21H32O2/c1-5-6-7-8-15-11-17(22)20-18(12-15)23-21-14(4)9-10-16(13(2)3)19(20)21/h11-14,16,19,21-22H,5-10H2,1-4H3/t14?,16?,19-,21-/m1/s1. The Morgan fingerprint density at radius 3 is 2.70 bits per heavy atom. The van der Waals surface area contributed by atoms with Gasteiger partial charge in [-0.05, 0) is 61.1 Å². The molecular formula is C21H32O2. The molecule has 1 aliphatic heterocycles. The van der Waals surface area contributed by atoms with Gasteiger partial charge in [-0.3, -0.25) is 0 Å². The van der Waals surface area contributed by atoms with E-state index in [4.69, 9.17) is 4.74 Å². The van der Waals surface area contributed by atoms with Crippen LogP contribution in [0.3, 0.4) is 0 Å². The largest absolute Gasteiger partial charge is 0.508 e. The Morgan fingerprint density at radius 2 is 2.00 bits per heavy atom. The highest BCUT2D eigenvalue weighted by atomic mass is 16.5. The van der Waals surface area contributed by atoms with Gasteiger partial charge in [0.05, 0.1) is 0 Å². The Balaban J connectivity index is 1.90. The number of ether oxygens (including phenoxy) is 1. The highest BCUT2D eigenvalue weighted by Gasteiger charge is 2.47. The van der Waals surface area contributed by atoms with Crippen molar-refractivity contribution >= 4 is 0 Å². The summed E-state index contributed by atoms with van der Waals surface area (Å²) in [5.74, 6) is 3.64. The fraction of sp³-hybridized carbons (Fsp3) is 0.714. The Hall–Kier alpha value is -1.18. The van der Waals surface area contributed by atoms with Gasteiger partial charge < -0.3 is 9.84 Å². The summed E-state index contributed by atoms with van der Waals surface area (Å²) in [4.78, 5) is 0. The highest BCUT2D eigenvalue weighted by molar-refractivity contribution is 5.53. The first-order valence-corrected chi connectivity index (χ1v) is 9.55. The number of unbranched alkanes of at least 4 members (excludes halogenated alkanes) is 2. The monoisotopic (exact) mass is 316 g/mol. The lowest BCUT2D eigenvalue weighted by molar-refractivity contribution is 0.0602. The van der Waals surface area contributed by atoms with Gasteiger partial charge in [-0.2, -0.15) is 0 Å². The number of rotatable bonds is 5. The minimum atomic E-state index is 0.253. The van der Waals surface area contributed by atoms with Crippen LogP contribution >= 0.6 is 0 Å². The van der Waals surface area contributed by atoms with Crippen LogP contribution in [0.1, 0.15) is 76.8 Å². The van der Waals surface area contributed by atoms with Crippen LogP contribution in [0, 0.1) is 17.8 Å². The number of fused-ring (bicyclic) bond motifs is 3. The van der Waals surface area contributed by atoms with Gasteiger partial charge in [-0.25, -0.2) is 0 Å². The molecule has 4 atom stereocenters. The molecule has 1 saturated carbocycles. The van der Waals surface area contributed by atoms with Gasteiger partial charge >= 0.3 is 0 Å². The molecule has 1 aliphatic carbocycles. The van der Waals surface area contributed by atoms with Crippen LogP contribution < -0.4 is 4.74 Å². The summed E-state index contributed by atoms with van der Waals surface area (Å²) in [5, 5.41) is 10.7. The molecule has 128 valence electrons. The van der Waals surface area contributed by atoms with Gasteiger partial charge in [0.15, 0.2) is 0 Å². The Labute approximate surface area is 141 Å². The third kappa shape index (κ3) is 3.09. The van der Waals surface area contributed by atoms with E-state index in [2.05, 4.69) is 33.8 Å². The van der Waals surface area contributed by atoms with Gasteiger partial charge in [-0.1, -0.05) is 40.5 Å². The molecule has 1 aromatic rings. The van der Waals surface area contributed by atoms with E-state index in [1.807, 2.05) is 6.07 Å². The van der Waals surface area contributed by atoms with E-state index < -0.39 is 0 Å². The molecule has 0 aromatic heterocycles. The van der Waals surface area contributed by atoms with E-state index in [1.54, 1.807) is 0 Å². The molecule has 0 radical (unpaired) electrons. The SMILES string of the molecule is CCCCCc1cc(O)c2c(c1)O[C@@H]1C(C)CCC(C(C)C)[C@H]21. The summed E-state index contributed by atoms with van der Waals surface area (Å²) in [6.07, 6.45) is 7.44. The third-order valence-corrected chi connectivity index (χ3v) is 6.03. The fourth-order valence-corrected chi connectivity index (χ4v) is 4.68. The first kappa shape index (κ1) is 16.7. The van der Waals surface area contributed by atoms with Gasteiger partial charge in [0, 0.05) is 11.5 Å². The minimum Gasteiger partial charge on any atom is -0.508 e. The van der Waals surface area contributed by atoms with Crippen molar-refractivity contribution in [3.05, 3.63) is 23.3 Å². The lowest BCUT2D eigenvalue weighted by atomic mass is 9.66. The summed E-state index contributed by atoms with van der Waals surface area (Å²) >= 11 is 0. The van der Waals surface area contributed by atoms with Gasteiger partial charge in [0.25, 0.3) is 0 Å². The van der Waals surface area contributed by atoms with Gasteiger partial charge in [0.2, 0.25) is 0 Å². The van der Waals surface area contributed by atoms with Crippen LogP contribution in [0.5, 0.6) is 11.5 Å². The summed E-state index contributed by atoms with van der Waals surface area (Å²) < 4.78 is 6.37. The average Bonchev–Trinajstić information content (AvgIpc) is 2.88. The molecule has 0 amide bonds. The first-order chi connectivity index (χ1) is 11.0. The zero-order chi connectivity index (χ0) is 16.6. The normalized spacial score (nSPS) is 29.3. The smallest absolute Gasteiger partial charge is 0.127 e. The average molecular weight is 316 g/mol. The van der Waals surface area contributed by atoms with Crippen LogP contribution in [0.25, 0.3) is 0 Å². The number of phenols is 1. The second kappa shape index (κ2) is 6.75. The van der Waals surface area contributed by atoms with Crippen molar-refractivity contribution in [1.29, 1.82) is 0 Å².